The summed E-state index contributed by atoms with van der Waals surface area (Å²) in [4.78, 5) is 19.4. The monoisotopic (exact) mass is 648 g/mol. The van der Waals surface area contributed by atoms with Gasteiger partial charge >= 0.3 is 0 Å². The number of rotatable bonds is 14. The van der Waals surface area contributed by atoms with Gasteiger partial charge in [0.2, 0.25) is 0 Å². The smallest absolute Gasteiger partial charge is 0.0737 e. The Hall–Kier alpha value is -2.72. The maximum absolute atomic E-state index is 6.13. The lowest BCUT2D eigenvalue weighted by molar-refractivity contribution is 0.110. The largest absolute Gasteiger partial charge is 0.384 e. The van der Waals surface area contributed by atoms with Crippen LogP contribution in [0, 0.1) is 0 Å². The number of hydrogen-bond donors (Lipinski definition) is 2. The molecule has 0 unspecified atom stereocenters. The summed E-state index contributed by atoms with van der Waals surface area (Å²) in [7, 11) is 0. The van der Waals surface area contributed by atoms with Gasteiger partial charge in [-0.1, -0.05) is 23.2 Å². The molecule has 2 aliphatic heterocycles. The van der Waals surface area contributed by atoms with E-state index in [1.54, 1.807) is 0 Å². The highest BCUT2D eigenvalue weighted by molar-refractivity contribution is 6.31. The van der Waals surface area contributed by atoms with Crippen LogP contribution in [0.3, 0.4) is 0 Å². The SMILES string of the molecule is Clc1ccc2c(NCCCN3CCN(CCCN4CCN(CCCNc5ccnc6cc(Cl)ccc56)CC4)CC3)ccnc2c1. The van der Waals surface area contributed by atoms with Crippen LogP contribution in [0.2, 0.25) is 10.0 Å². The Balaban J connectivity index is 0.793. The summed E-state index contributed by atoms with van der Waals surface area (Å²) in [5.74, 6) is 0. The topological polar surface area (TPSA) is 62.8 Å². The minimum Gasteiger partial charge on any atom is -0.384 e. The van der Waals surface area contributed by atoms with Gasteiger partial charge in [0, 0.05) is 110 Å². The Labute approximate surface area is 277 Å². The summed E-state index contributed by atoms with van der Waals surface area (Å²) in [5.41, 5.74) is 4.15. The number of aromatic nitrogens is 2. The number of nitrogens with one attached hydrogen (secondary N) is 2. The van der Waals surface area contributed by atoms with Crippen LogP contribution < -0.4 is 10.6 Å². The molecule has 2 aliphatic rings. The lowest BCUT2D eigenvalue weighted by atomic mass is 10.2. The third kappa shape index (κ3) is 9.18. The van der Waals surface area contributed by atoms with Gasteiger partial charge in [0.15, 0.2) is 0 Å². The minimum absolute atomic E-state index is 0.726. The van der Waals surface area contributed by atoms with E-state index >= 15 is 0 Å². The molecule has 2 aromatic carbocycles. The second-order valence-corrected chi connectivity index (χ2v) is 13.2. The lowest BCUT2D eigenvalue weighted by Gasteiger charge is -2.36. The van der Waals surface area contributed by atoms with Crippen LogP contribution in [-0.4, -0.2) is 121 Å². The molecule has 2 N–H and O–H groups in total. The summed E-state index contributed by atoms with van der Waals surface area (Å²) < 4.78 is 0. The van der Waals surface area contributed by atoms with Crippen LogP contribution in [0.1, 0.15) is 19.3 Å². The van der Waals surface area contributed by atoms with Crippen LogP contribution in [0.15, 0.2) is 60.9 Å². The van der Waals surface area contributed by atoms with Crippen LogP contribution in [-0.2, 0) is 0 Å². The average molecular weight is 650 g/mol. The van der Waals surface area contributed by atoms with Gasteiger partial charge in [-0.15, -0.1) is 0 Å². The number of benzene rings is 2. The van der Waals surface area contributed by atoms with Crippen molar-refractivity contribution in [2.75, 3.05) is 102 Å². The zero-order chi connectivity index (χ0) is 30.8. The predicted octanol–water partition coefficient (Wildman–Crippen LogP) is 6.02. The number of halogens is 2. The number of anilines is 2. The Kier molecular flexibility index (Phi) is 11.6. The molecule has 2 aromatic heterocycles. The van der Waals surface area contributed by atoms with Crippen LogP contribution in [0.5, 0.6) is 0 Å². The molecule has 0 saturated carbocycles. The van der Waals surface area contributed by atoms with Crippen LogP contribution >= 0.6 is 23.2 Å². The Morgan fingerprint density at radius 1 is 0.511 bits per heavy atom. The second-order valence-electron chi connectivity index (χ2n) is 12.3. The predicted molar refractivity (Wildman–Crippen MR) is 190 cm³/mol. The van der Waals surface area contributed by atoms with Crippen molar-refractivity contribution in [2.24, 2.45) is 0 Å². The van der Waals surface area contributed by atoms with Gasteiger partial charge in [0.25, 0.3) is 0 Å². The van der Waals surface area contributed by atoms with Crippen LogP contribution in [0.25, 0.3) is 21.8 Å². The van der Waals surface area contributed by atoms with Crippen molar-refractivity contribution in [3.63, 3.8) is 0 Å². The molecule has 6 rings (SSSR count). The minimum atomic E-state index is 0.726. The van der Waals surface area contributed by atoms with E-state index in [9.17, 15) is 0 Å². The summed E-state index contributed by atoms with van der Waals surface area (Å²) in [5, 5.41) is 10.9. The molecule has 4 aromatic rings. The van der Waals surface area contributed by atoms with E-state index in [-0.39, 0.29) is 0 Å². The molecule has 8 nitrogen and oxygen atoms in total. The molecule has 0 radical (unpaired) electrons. The summed E-state index contributed by atoms with van der Waals surface area (Å²) in [6.45, 7) is 16.1. The van der Waals surface area contributed by atoms with Gasteiger partial charge in [-0.25, -0.2) is 0 Å². The molecule has 4 heterocycles. The van der Waals surface area contributed by atoms with E-state index in [2.05, 4.69) is 64.5 Å². The third-order valence-corrected chi connectivity index (χ3v) is 9.69. The highest BCUT2D eigenvalue weighted by Gasteiger charge is 2.19. The number of hydrogen-bond acceptors (Lipinski definition) is 8. The Morgan fingerprint density at radius 3 is 1.29 bits per heavy atom. The van der Waals surface area contributed by atoms with Gasteiger partial charge in [0.1, 0.15) is 0 Å². The Morgan fingerprint density at radius 2 is 0.889 bits per heavy atom. The first-order valence-electron chi connectivity index (χ1n) is 16.6. The fourth-order valence-corrected chi connectivity index (χ4v) is 6.93. The molecule has 10 heteroatoms. The molecule has 0 atom stereocenters. The van der Waals surface area contributed by atoms with E-state index in [0.717, 1.165) is 82.2 Å². The Bertz CT molecular complexity index is 1410. The van der Waals surface area contributed by atoms with Crippen molar-refractivity contribution in [1.29, 1.82) is 0 Å². The first-order valence-corrected chi connectivity index (χ1v) is 17.3. The van der Waals surface area contributed by atoms with Gasteiger partial charge in [-0.2, -0.15) is 0 Å². The number of nitrogens with zero attached hydrogens (tertiary/aromatic N) is 6. The zero-order valence-corrected chi connectivity index (χ0v) is 27.7. The maximum atomic E-state index is 6.13. The summed E-state index contributed by atoms with van der Waals surface area (Å²) in [6, 6.07) is 15.9. The summed E-state index contributed by atoms with van der Waals surface area (Å²) in [6.07, 6.45) is 7.24. The van der Waals surface area contributed by atoms with E-state index in [1.165, 1.54) is 71.9 Å². The van der Waals surface area contributed by atoms with Gasteiger partial charge in [-0.3, -0.25) is 9.97 Å². The van der Waals surface area contributed by atoms with E-state index in [4.69, 9.17) is 23.2 Å². The van der Waals surface area contributed by atoms with Crippen molar-refractivity contribution in [1.82, 2.24) is 29.6 Å². The average Bonchev–Trinajstić information content (AvgIpc) is 3.06. The van der Waals surface area contributed by atoms with Crippen LogP contribution in [0.4, 0.5) is 11.4 Å². The first-order chi connectivity index (χ1) is 22.1. The molecule has 240 valence electrons. The molecule has 2 saturated heterocycles. The second kappa shape index (κ2) is 16.2. The van der Waals surface area contributed by atoms with E-state index in [1.807, 2.05) is 36.7 Å². The number of fused-ring (bicyclic) bond motifs is 2. The quantitative estimate of drug-likeness (QED) is 0.161. The molecular formula is C35H46Cl2N8. The van der Waals surface area contributed by atoms with Crippen molar-refractivity contribution in [3.8, 4) is 0 Å². The van der Waals surface area contributed by atoms with Gasteiger partial charge in [-0.05, 0) is 94.0 Å². The molecule has 45 heavy (non-hydrogen) atoms. The van der Waals surface area contributed by atoms with E-state index in [0.29, 0.717) is 0 Å². The van der Waals surface area contributed by atoms with Gasteiger partial charge < -0.3 is 30.2 Å². The fourth-order valence-electron chi connectivity index (χ4n) is 6.59. The highest BCUT2D eigenvalue weighted by Crippen LogP contribution is 2.25. The first kappa shape index (κ1) is 32.2. The molecule has 0 aliphatic carbocycles. The third-order valence-electron chi connectivity index (χ3n) is 9.22. The van der Waals surface area contributed by atoms with E-state index < -0.39 is 0 Å². The standard InChI is InChI=1S/C35H46Cl2N8/c36-28-4-6-30-32(8-12-40-34(30)26-28)38-10-1-14-42-18-22-44(23-19-42)16-3-17-45-24-20-43(21-25-45)15-2-11-39-33-9-13-41-35-27-29(37)5-7-31(33)35/h4-9,12-13,26-27H,1-3,10-11,14-25H2,(H,38,40)(H,39,41). The van der Waals surface area contributed by atoms with Crippen molar-refractivity contribution < 1.29 is 0 Å². The maximum Gasteiger partial charge on any atom is 0.0737 e. The molecular weight excluding hydrogens is 603 g/mol. The highest BCUT2D eigenvalue weighted by atomic mass is 35.5. The van der Waals surface area contributed by atoms with Gasteiger partial charge in [0.05, 0.1) is 11.0 Å². The molecule has 2 fully saturated rings. The molecule has 0 bridgehead atoms. The van der Waals surface area contributed by atoms with Crippen molar-refractivity contribution in [3.05, 3.63) is 71.0 Å². The van der Waals surface area contributed by atoms with Crippen molar-refractivity contribution >= 4 is 56.4 Å². The zero-order valence-electron chi connectivity index (χ0n) is 26.2. The van der Waals surface area contributed by atoms with Crippen molar-refractivity contribution in [2.45, 2.75) is 19.3 Å². The number of pyridine rings is 2. The lowest BCUT2D eigenvalue weighted by Crippen LogP contribution is -2.49. The molecule has 0 spiro atoms. The number of piperazine rings is 2. The normalized spacial score (nSPS) is 17.3. The summed E-state index contributed by atoms with van der Waals surface area (Å²) >= 11 is 12.3. The molecule has 0 amide bonds. The fraction of sp³-hybridized carbons (Fsp3) is 0.486.